The molecule has 5 heteroatoms. The van der Waals surface area contributed by atoms with Crippen LogP contribution in [0.2, 0.25) is 0 Å². The van der Waals surface area contributed by atoms with Gasteiger partial charge in [0.05, 0.1) is 0 Å². The van der Waals surface area contributed by atoms with E-state index in [2.05, 4.69) is 43.3 Å². The van der Waals surface area contributed by atoms with E-state index >= 15 is 0 Å². The van der Waals surface area contributed by atoms with Crippen molar-refractivity contribution >= 4 is 23.2 Å². The lowest BCUT2D eigenvalue weighted by Crippen LogP contribution is -2.26. The van der Waals surface area contributed by atoms with E-state index in [9.17, 15) is 9.59 Å². The molecule has 0 saturated heterocycles. The quantitative estimate of drug-likeness (QED) is 0.754. The topological polar surface area (TPSA) is 70.2 Å². The third-order valence-electron chi connectivity index (χ3n) is 3.78. The summed E-state index contributed by atoms with van der Waals surface area (Å²) in [5.41, 5.74) is 3.25. The van der Waals surface area contributed by atoms with Gasteiger partial charge >= 0.3 is 0 Å². The summed E-state index contributed by atoms with van der Waals surface area (Å²) in [4.78, 5) is 23.3. The molecule has 0 bridgehead atoms. The van der Waals surface area contributed by atoms with Gasteiger partial charge in [-0.15, -0.1) is 0 Å². The third-order valence-corrected chi connectivity index (χ3v) is 3.78. The summed E-state index contributed by atoms with van der Waals surface area (Å²) < 4.78 is 0. The Morgan fingerprint density at radius 3 is 1.81 bits per heavy atom. The fourth-order valence-corrected chi connectivity index (χ4v) is 2.38. The first-order chi connectivity index (χ1) is 12.1. The number of anilines is 2. The second-order valence-electron chi connectivity index (χ2n) is 7.14. The molecule has 2 aromatic rings. The normalized spacial score (nSPS) is 10.8. The van der Waals surface area contributed by atoms with E-state index in [0.29, 0.717) is 17.1 Å². The lowest BCUT2D eigenvalue weighted by Gasteiger charge is -2.19. The molecule has 26 heavy (non-hydrogen) atoms. The van der Waals surface area contributed by atoms with Crippen LogP contribution in [0, 0.1) is 0 Å². The van der Waals surface area contributed by atoms with E-state index in [0.717, 1.165) is 5.69 Å². The van der Waals surface area contributed by atoms with Crippen molar-refractivity contribution in [3.05, 3.63) is 72.1 Å². The molecule has 0 aromatic heterocycles. The fourth-order valence-electron chi connectivity index (χ4n) is 2.38. The van der Waals surface area contributed by atoms with Crippen LogP contribution >= 0.6 is 0 Å². The number of nitrogens with one attached hydrogen (secondary N) is 3. The molecule has 0 aliphatic rings. The second kappa shape index (κ2) is 7.87. The van der Waals surface area contributed by atoms with Gasteiger partial charge in [0, 0.05) is 23.9 Å². The van der Waals surface area contributed by atoms with Crippen LogP contribution in [0.5, 0.6) is 0 Å². The van der Waals surface area contributed by atoms with Gasteiger partial charge in [0.1, 0.15) is 5.82 Å². The van der Waals surface area contributed by atoms with E-state index in [-0.39, 0.29) is 17.2 Å². The molecule has 0 spiro atoms. The molecule has 0 fully saturated rings. The lowest BCUT2D eigenvalue weighted by atomic mass is 9.87. The summed E-state index contributed by atoms with van der Waals surface area (Å²) in [6, 6.07) is 14.7. The van der Waals surface area contributed by atoms with Crippen LogP contribution in [-0.2, 0) is 10.2 Å². The monoisotopic (exact) mass is 351 g/mol. The lowest BCUT2D eigenvalue weighted by molar-refractivity contribution is -0.114. The highest BCUT2D eigenvalue weighted by atomic mass is 16.2. The fraction of sp³-hybridized carbons (Fsp3) is 0.238. The van der Waals surface area contributed by atoms with Gasteiger partial charge in [-0.2, -0.15) is 0 Å². The van der Waals surface area contributed by atoms with Crippen molar-refractivity contribution in [1.29, 1.82) is 0 Å². The summed E-state index contributed by atoms with van der Waals surface area (Å²) >= 11 is 0. The van der Waals surface area contributed by atoms with Crippen LogP contribution in [0.4, 0.5) is 11.4 Å². The molecule has 0 radical (unpaired) electrons. The van der Waals surface area contributed by atoms with E-state index < -0.39 is 0 Å². The molecule has 2 amide bonds. The maximum Gasteiger partial charge on any atom is 0.256 e. The predicted molar refractivity (Wildman–Crippen MR) is 106 cm³/mol. The maximum absolute atomic E-state index is 12.3. The summed E-state index contributed by atoms with van der Waals surface area (Å²) in [6.45, 7) is 11.7. The second-order valence-corrected chi connectivity index (χ2v) is 7.14. The number of hydrogen-bond donors (Lipinski definition) is 3. The van der Waals surface area contributed by atoms with Gasteiger partial charge in [-0.05, 0) is 47.4 Å². The minimum atomic E-state index is -0.224. The molecule has 2 rings (SSSR count). The molecular weight excluding hydrogens is 326 g/mol. The zero-order valence-electron chi connectivity index (χ0n) is 15.6. The Morgan fingerprint density at radius 2 is 1.35 bits per heavy atom. The summed E-state index contributed by atoms with van der Waals surface area (Å²) in [7, 11) is 0. The van der Waals surface area contributed by atoms with Crippen LogP contribution in [0.15, 0.2) is 60.9 Å². The number of carbonyl (C=O) groups excluding carboxylic acids is 2. The van der Waals surface area contributed by atoms with Gasteiger partial charge in [0.25, 0.3) is 5.91 Å². The Bertz CT molecular complexity index is 801. The SMILES string of the molecule is C=C(NC(=O)c1ccc(C(C)(C)C)cc1)Nc1ccc(NC(C)=O)cc1. The number of hydrogen-bond acceptors (Lipinski definition) is 3. The Labute approximate surface area is 154 Å². The first-order valence-corrected chi connectivity index (χ1v) is 8.40. The Hall–Kier alpha value is -3.08. The molecule has 136 valence electrons. The number of amides is 2. The molecule has 0 heterocycles. The number of carbonyl (C=O) groups is 2. The van der Waals surface area contributed by atoms with E-state index in [1.807, 2.05) is 24.3 Å². The highest BCUT2D eigenvalue weighted by Gasteiger charge is 2.14. The van der Waals surface area contributed by atoms with Crippen molar-refractivity contribution in [2.24, 2.45) is 0 Å². The largest absolute Gasteiger partial charge is 0.342 e. The van der Waals surface area contributed by atoms with Crippen molar-refractivity contribution in [2.75, 3.05) is 10.6 Å². The Morgan fingerprint density at radius 1 is 0.846 bits per heavy atom. The van der Waals surface area contributed by atoms with Crippen LogP contribution < -0.4 is 16.0 Å². The minimum absolute atomic E-state index is 0.0452. The Balaban J connectivity index is 1.94. The van der Waals surface area contributed by atoms with Crippen LogP contribution in [0.1, 0.15) is 43.6 Å². The molecule has 3 N–H and O–H groups in total. The van der Waals surface area contributed by atoms with Gasteiger partial charge in [0.2, 0.25) is 5.91 Å². The van der Waals surface area contributed by atoms with Crippen molar-refractivity contribution < 1.29 is 9.59 Å². The van der Waals surface area contributed by atoms with E-state index in [1.54, 1.807) is 24.3 Å². The third kappa shape index (κ3) is 5.48. The average Bonchev–Trinajstić information content (AvgIpc) is 2.55. The summed E-state index contributed by atoms with van der Waals surface area (Å²) in [5, 5.41) is 8.45. The average molecular weight is 351 g/mol. The molecule has 0 unspecified atom stereocenters. The zero-order valence-corrected chi connectivity index (χ0v) is 15.6. The first-order valence-electron chi connectivity index (χ1n) is 8.40. The minimum Gasteiger partial charge on any atom is -0.342 e. The van der Waals surface area contributed by atoms with Gasteiger partial charge in [-0.1, -0.05) is 39.5 Å². The highest BCUT2D eigenvalue weighted by Crippen LogP contribution is 2.22. The van der Waals surface area contributed by atoms with Crippen molar-refractivity contribution in [2.45, 2.75) is 33.1 Å². The summed E-state index contributed by atoms with van der Waals surface area (Å²) in [6.07, 6.45) is 0. The summed E-state index contributed by atoms with van der Waals surface area (Å²) in [5.74, 6) is 0.0277. The smallest absolute Gasteiger partial charge is 0.256 e. The molecule has 0 aliphatic carbocycles. The molecule has 0 atom stereocenters. The van der Waals surface area contributed by atoms with Crippen LogP contribution in [-0.4, -0.2) is 11.8 Å². The maximum atomic E-state index is 12.3. The molecule has 2 aromatic carbocycles. The standard InChI is InChI=1S/C21H25N3O2/c1-14(22-18-10-12-19(13-11-18)24-15(2)25)23-20(26)16-6-8-17(9-7-16)21(3,4)5/h6-13,22H,1H2,2-5H3,(H,23,26)(H,24,25). The first kappa shape index (κ1) is 19.2. The number of benzene rings is 2. The van der Waals surface area contributed by atoms with Crippen LogP contribution in [0.25, 0.3) is 0 Å². The van der Waals surface area contributed by atoms with E-state index in [4.69, 9.17) is 0 Å². The molecular formula is C21H25N3O2. The van der Waals surface area contributed by atoms with Crippen molar-refractivity contribution in [1.82, 2.24) is 5.32 Å². The van der Waals surface area contributed by atoms with Crippen molar-refractivity contribution in [3.63, 3.8) is 0 Å². The highest BCUT2D eigenvalue weighted by molar-refractivity contribution is 5.95. The van der Waals surface area contributed by atoms with E-state index in [1.165, 1.54) is 12.5 Å². The molecule has 0 aliphatic heterocycles. The van der Waals surface area contributed by atoms with Gasteiger partial charge in [-0.25, -0.2) is 0 Å². The molecule has 0 saturated carbocycles. The van der Waals surface area contributed by atoms with Crippen molar-refractivity contribution in [3.8, 4) is 0 Å². The van der Waals surface area contributed by atoms with Gasteiger partial charge < -0.3 is 16.0 Å². The number of rotatable bonds is 5. The van der Waals surface area contributed by atoms with Gasteiger partial charge in [-0.3, -0.25) is 9.59 Å². The van der Waals surface area contributed by atoms with Crippen LogP contribution in [0.3, 0.4) is 0 Å². The predicted octanol–water partition coefficient (Wildman–Crippen LogP) is 4.26. The zero-order chi connectivity index (χ0) is 19.3. The molecule has 5 nitrogen and oxygen atoms in total. The van der Waals surface area contributed by atoms with Gasteiger partial charge in [0.15, 0.2) is 0 Å². The Kier molecular flexibility index (Phi) is 5.82.